The minimum Gasteiger partial charge on any atom is -0.381 e. The molecule has 0 radical (unpaired) electrons. The van der Waals surface area contributed by atoms with Crippen LogP contribution in [0.2, 0.25) is 0 Å². The highest BCUT2D eigenvalue weighted by atomic mass is 16.1. The molecule has 0 saturated carbocycles. The third-order valence-corrected chi connectivity index (χ3v) is 3.50. The summed E-state index contributed by atoms with van der Waals surface area (Å²) in [6, 6.07) is 27.2. The number of benzene rings is 3. The zero-order chi connectivity index (χ0) is 15.2. The maximum absolute atomic E-state index is 12.5. The van der Waals surface area contributed by atoms with E-state index in [1.165, 1.54) is 0 Å². The van der Waals surface area contributed by atoms with Gasteiger partial charge in [0.15, 0.2) is 5.78 Å². The van der Waals surface area contributed by atoms with Crippen molar-refractivity contribution in [1.82, 2.24) is 0 Å². The van der Waals surface area contributed by atoms with E-state index in [1.54, 1.807) is 0 Å². The molecule has 1 N–H and O–H groups in total. The van der Waals surface area contributed by atoms with Gasteiger partial charge in [-0.15, -0.1) is 0 Å². The molecule has 2 nitrogen and oxygen atoms in total. The number of anilines is 1. The van der Waals surface area contributed by atoms with Gasteiger partial charge in [-0.05, 0) is 23.8 Å². The molecule has 108 valence electrons. The Kier molecular flexibility index (Phi) is 4.30. The first-order valence-corrected chi connectivity index (χ1v) is 7.30. The first kappa shape index (κ1) is 14.1. The Morgan fingerprint density at radius 2 is 1.36 bits per heavy atom. The predicted molar refractivity (Wildman–Crippen MR) is 90.1 cm³/mol. The van der Waals surface area contributed by atoms with E-state index < -0.39 is 0 Å². The van der Waals surface area contributed by atoms with Crippen molar-refractivity contribution in [3.8, 4) is 0 Å². The highest BCUT2D eigenvalue weighted by molar-refractivity contribution is 6.09. The number of hydrogen-bond donors (Lipinski definition) is 1. The minimum atomic E-state index is 0.0576. The molecule has 0 fully saturated rings. The summed E-state index contributed by atoms with van der Waals surface area (Å²) < 4.78 is 0. The van der Waals surface area contributed by atoms with Crippen molar-refractivity contribution in [1.29, 1.82) is 0 Å². The molecule has 0 aliphatic heterocycles. The van der Waals surface area contributed by atoms with Gasteiger partial charge in [-0.3, -0.25) is 4.79 Å². The molecule has 0 spiro atoms. The molecule has 0 aromatic heterocycles. The van der Waals surface area contributed by atoms with Crippen LogP contribution in [0.15, 0.2) is 84.9 Å². The third-order valence-electron chi connectivity index (χ3n) is 3.50. The van der Waals surface area contributed by atoms with Gasteiger partial charge in [-0.2, -0.15) is 0 Å². The molecule has 0 aliphatic carbocycles. The van der Waals surface area contributed by atoms with E-state index >= 15 is 0 Å². The summed E-state index contributed by atoms with van der Waals surface area (Å²) in [4.78, 5) is 12.5. The molecule has 22 heavy (non-hydrogen) atoms. The number of carbonyl (C=O) groups excluding carboxylic acids is 1. The van der Waals surface area contributed by atoms with Gasteiger partial charge in [0.25, 0.3) is 0 Å². The third kappa shape index (κ3) is 3.41. The smallest absolute Gasteiger partial charge is 0.193 e. The molecular weight excluding hydrogens is 270 g/mol. The van der Waals surface area contributed by atoms with Crippen LogP contribution in [0.25, 0.3) is 0 Å². The fourth-order valence-electron chi connectivity index (χ4n) is 2.34. The van der Waals surface area contributed by atoms with Crippen molar-refractivity contribution >= 4 is 11.5 Å². The first-order chi connectivity index (χ1) is 10.8. The van der Waals surface area contributed by atoms with E-state index in [4.69, 9.17) is 0 Å². The van der Waals surface area contributed by atoms with Gasteiger partial charge in [-0.25, -0.2) is 0 Å². The Bertz CT molecular complexity index is 751. The second-order valence-corrected chi connectivity index (χ2v) is 5.12. The Hall–Kier alpha value is -2.87. The molecule has 2 heteroatoms. The van der Waals surface area contributed by atoms with Crippen LogP contribution >= 0.6 is 0 Å². The lowest BCUT2D eigenvalue weighted by molar-refractivity contribution is 0.103. The van der Waals surface area contributed by atoms with Crippen LogP contribution in [0.4, 0.5) is 5.69 Å². The van der Waals surface area contributed by atoms with E-state index in [-0.39, 0.29) is 5.78 Å². The van der Waals surface area contributed by atoms with E-state index in [2.05, 4.69) is 5.32 Å². The zero-order valence-electron chi connectivity index (χ0n) is 12.2. The van der Waals surface area contributed by atoms with Crippen LogP contribution in [0.3, 0.4) is 0 Å². The fraction of sp³-hybridized carbons (Fsp3) is 0.0500. The molecule has 3 rings (SSSR count). The molecular formula is C20H17NO. The average Bonchev–Trinajstić information content (AvgIpc) is 2.61. The average molecular weight is 287 g/mol. The lowest BCUT2D eigenvalue weighted by atomic mass is 10.0. The van der Waals surface area contributed by atoms with Crippen LogP contribution in [0.1, 0.15) is 21.5 Å². The highest BCUT2D eigenvalue weighted by Gasteiger charge is 2.08. The number of hydrogen-bond acceptors (Lipinski definition) is 2. The molecule has 0 bridgehead atoms. The molecule has 0 aliphatic rings. The molecule has 0 saturated heterocycles. The fourth-order valence-corrected chi connectivity index (χ4v) is 2.34. The van der Waals surface area contributed by atoms with Gasteiger partial charge in [0.05, 0.1) is 0 Å². The first-order valence-electron chi connectivity index (χ1n) is 7.30. The van der Waals surface area contributed by atoms with E-state index in [0.29, 0.717) is 6.54 Å². The topological polar surface area (TPSA) is 29.1 Å². The summed E-state index contributed by atoms with van der Waals surface area (Å²) in [5, 5.41) is 3.36. The molecule has 0 heterocycles. The normalized spacial score (nSPS) is 10.2. The van der Waals surface area contributed by atoms with Crippen LogP contribution in [-0.2, 0) is 6.54 Å². The summed E-state index contributed by atoms with van der Waals surface area (Å²) >= 11 is 0. The van der Waals surface area contributed by atoms with Crippen molar-refractivity contribution in [2.24, 2.45) is 0 Å². The summed E-state index contributed by atoms with van der Waals surface area (Å²) in [6.45, 7) is 0.694. The van der Waals surface area contributed by atoms with Gasteiger partial charge in [0, 0.05) is 23.4 Å². The van der Waals surface area contributed by atoms with Crippen LogP contribution < -0.4 is 5.32 Å². The number of nitrogens with one attached hydrogen (secondary N) is 1. The van der Waals surface area contributed by atoms with Gasteiger partial charge >= 0.3 is 0 Å². The molecule has 0 unspecified atom stereocenters. The largest absolute Gasteiger partial charge is 0.381 e. The van der Waals surface area contributed by atoms with Crippen LogP contribution in [0, 0.1) is 0 Å². The van der Waals surface area contributed by atoms with Gasteiger partial charge in [0.1, 0.15) is 0 Å². The van der Waals surface area contributed by atoms with Crippen molar-refractivity contribution in [2.45, 2.75) is 6.54 Å². The minimum absolute atomic E-state index is 0.0576. The molecule has 0 amide bonds. The maximum Gasteiger partial charge on any atom is 0.193 e. The van der Waals surface area contributed by atoms with Gasteiger partial charge in [-0.1, -0.05) is 66.7 Å². The predicted octanol–water partition coefficient (Wildman–Crippen LogP) is 4.53. The lowest BCUT2D eigenvalue weighted by Gasteiger charge is -2.08. The summed E-state index contributed by atoms with van der Waals surface area (Å²) in [5.74, 6) is 0.0576. The summed E-state index contributed by atoms with van der Waals surface area (Å²) in [5.41, 5.74) is 3.60. The molecule has 3 aromatic rings. The van der Waals surface area contributed by atoms with Gasteiger partial charge in [0.2, 0.25) is 0 Å². The number of para-hydroxylation sites is 1. The zero-order valence-corrected chi connectivity index (χ0v) is 12.2. The second kappa shape index (κ2) is 6.72. The van der Waals surface area contributed by atoms with E-state index in [1.807, 2.05) is 84.9 Å². The molecule has 3 aromatic carbocycles. The SMILES string of the molecule is O=C(c1ccccc1)c1cccc(CNc2ccccc2)c1. The van der Waals surface area contributed by atoms with Crippen LogP contribution in [-0.4, -0.2) is 5.78 Å². The summed E-state index contributed by atoms with van der Waals surface area (Å²) in [6.07, 6.45) is 0. The molecule has 0 atom stereocenters. The highest BCUT2D eigenvalue weighted by Crippen LogP contribution is 2.13. The van der Waals surface area contributed by atoms with Crippen LogP contribution in [0.5, 0.6) is 0 Å². The Morgan fingerprint density at radius 1 is 0.727 bits per heavy atom. The monoisotopic (exact) mass is 287 g/mol. The summed E-state index contributed by atoms with van der Waals surface area (Å²) in [7, 11) is 0. The van der Waals surface area contributed by atoms with Crippen molar-refractivity contribution < 1.29 is 4.79 Å². The Morgan fingerprint density at radius 3 is 2.09 bits per heavy atom. The number of ketones is 1. The Balaban J connectivity index is 1.74. The van der Waals surface area contributed by atoms with Gasteiger partial charge < -0.3 is 5.32 Å². The van der Waals surface area contributed by atoms with Crippen molar-refractivity contribution in [3.63, 3.8) is 0 Å². The van der Waals surface area contributed by atoms with Crippen molar-refractivity contribution in [2.75, 3.05) is 5.32 Å². The number of carbonyl (C=O) groups is 1. The Labute approximate surface area is 130 Å². The number of rotatable bonds is 5. The van der Waals surface area contributed by atoms with E-state index in [0.717, 1.165) is 22.4 Å². The standard InChI is InChI=1S/C20H17NO/c22-20(17-9-3-1-4-10-17)18-11-7-8-16(14-18)15-21-19-12-5-2-6-13-19/h1-14,21H,15H2. The van der Waals surface area contributed by atoms with Crippen molar-refractivity contribution in [3.05, 3.63) is 102 Å². The quantitative estimate of drug-likeness (QED) is 0.698. The lowest BCUT2D eigenvalue weighted by Crippen LogP contribution is -2.04. The van der Waals surface area contributed by atoms with E-state index in [9.17, 15) is 4.79 Å². The maximum atomic E-state index is 12.5. The second-order valence-electron chi connectivity index (χ2n) is 5.12.